The van der Waals surface area contributed by atoms with E-state index in [-0.39, 0.29) is 23.9 Å². The molecule has 182 valence electrons. The van der Waals surface area contributed by atoms with Gasteiger partial charge in [-0.25, -0.2) is 9.37 Å². The maximum absolute atomic E-state index is 13.7. The Labute approximate surface area is 205 Å². The quantitative estimate of drug-likeness (QED) is 0.457. The van der Waals surface area contributed by atoms with Crippen LogP contribution in [-0.2, 0) is 9.53 Å². The normalized spacial score (nSPS) is 20.4. The van der Waals surface area contributed by atoms with Crippen molar-refractivity contribution in [2.24, 2.45) is 0 Å². The van der Waals surface area contributed by atoms with Crippen molar-refractivity contribution >= 4 is 12.0 Å². The van der Waals surface area contributed by atoms with Crippen LogP contribution in [-0.4, -0.2) is 46.7 Å². The first kappa shape index (κ1) is 23.3. The van der Waals surface area contributed by atoms with E-state index in [0.29, 0.717) is 25.3 Å². The lowest BCUT2D eigenvalue weighted by Crippen LogP contribution is -2.44. The van der Waals surface area contributed by atoms with Crippen LogP contribution in [0.1, 0.15) is 48.5 Å². The highest BCUT2D eigenvalue weighted by Gasteiger charge is 2.37. The average molecular weight is 476 g/mol. The van der Waals surface area contributed by atoms with Gasteiger partial charge in [0.2, 0.25) is 5.91 Å². The zero-order valence-electron chi connectivity index (χ0n) is 20.1. The summed E-state index contributed by atoms with van der Waals surface area (Å²) in [4.78, 5) is 19.9. The number of benzene rings is 2. The van der Waals surface area contributed by atoms with Gasteiger partial charge >= 0.3 is 0 Å². The number of aromatic nitrogens is 2. The molecule has 7 heteroatoms. The van der Waals surface area contributed by atoms with Gasteiger partial charge in [0.05, 0.1) is 37.0 Å². The molecule has 2 saturated heterocycles. The Kier molecular flexibility index (Phi) is 6.68. The number of amides is 1. The summed E-state index contributed by atoms with van der Waals surface area (Å²) >= 11 is 0. The molecule has 0 N–H and O–H groups in total. The molecular formula is C28H30FN3O3. The van der Waals surface area contributed by atoms with Crippen LogP contribution in [0.25, 0.3) is 11.8 Å². The van der Waals surface area contributed by atoms with E-state index < -0.39 is 0 Å². The number of ether oxygens (including phenoxy) is 2. The van der Waals surface area contributed by atoms with Gasteiger partial charge in [-0.05, 0) is 74.1 Å². The highest BCUT2D eigenvalue weighted by molar-refractivity contribution is 5.99. The Morgan fingerprint density at radius 2 is 2.03 bits per heavy atom. The number of piperidine rings is 1. The van der Waals surface area contributed by atoms with Crippen LogP contribution in [0, 0.1) is 12.7 Å². The summed E-state index contributed by atoms with van der Waals surface area (Å²) in [6, 6.07) is 12.1. The molecule has 1 amide bonds. The lowest BCUT2D eigenvalue weighted by Gasteiger charge is -2.38. The van der Waals surface area contributed by atoms with Gasteiger partial charge in [-0.1, -0.05) is 18.2 Å². The fourth-order valence-electron chi connectivity index (χ4n) is 5.09. The topological polar surface area (TPSA) is 56.6 Å². The molecule has 2 atom stereocenters. The molecule has 3 heterocycles. The molecule has 0 radical (unpaired) electrons. The van der Waals surface area contributed by atoms with E-state index in [2.05, 4.69) is 4.98 Å². The first-order chi connectivity index (χ1) is 17.0. The fourth-order valence-corrected chi connectivity index (χ4v) is 5.09. The van der Waals surface area contributed by atoms with Gasteiger partial charge in [-0.2, -0.15) is 0 Å². The number of hydrogen-bond acceptors (Lipinski definition) is 4. The number of halogens is 1. The van der Waals surface area contributed by atoms with Crippen LogP contribution in [0.4, 0.5) is 4.39 Å². The molecular weight excluding hydrogens is 445 g/mol. The standard InChI is InChI=1S/C28H30FN3O3/c1-19-17-31(18-30-19)24-12-7-20(16-26(24)34-2)15-22-5-3-13-32(28(22)33)27(25-6-4-14-35-25)21-8-10-23(29)11-9-21/h7-12,15-18,25,27H,3-6,13-14H2,1-2H3/b22-15+/t25-,27?/m1/s1. The summed E-state index contributed by atoms with van der Waals surface area (Å²) in [7, 11) is 1.64. The maximum Gasteiger partial charge on any atom is 0.250 e. The smallest absolute Gasteiger partial charge is 0.250 e. The van der Waals surface area contributed by atoms with Crippen molar-refractivity contribution in [2.45, 2.75) is 44.8 Å². The Morgan fingerprint density at radius 3 is 2.71 bits per heavy atom. The number of carbonyl (C=O) groups excluding carboxylic acids is 1. The van der Waals surface area contributed by atoms with Gasteiger partial charge in [0.1, 0.15) is 11.6 Å². The second-order valence-corrected chi connectivity index (χ2v) is 9.17. The molecule has 2 aliphatic rings. The van der Waals surface area contributed by atoms with E-state index >= 15 is 0 Å². The van der Waals surface area contributed by atoms with Gasteiger partial charge in [-0.3, -0.25) is 4.79 Å². The second-order valence-electron chi connectivity index (χ2n) is 9.17. The second kappa shape index (κ2) is 10.0. The number of methoxy groups -OCH3 is 1. The molecule has 0 spiro atoms. The minimum Gasteiger partial charge on any atom is -0.495 e. The predicted molar refractivity (Wildman–Crippen MR) is 132 cm³/mol. The number of aryl methyl sites for hydroxylation is 1. The summed E-state index contributed by atoms with van der Waals surface area (Å²) in [5.74, 6) is 0.434. The van der Waals surface area contributed by atoms with E-state index in [1.54, 1.807) is 25.6 Å². The summed E-state index contributed by atoms with van der Waals surface area (Å²) in [6.45, 7) is 3.29. The van der Waals surface area contributed by atoms with E-state index in [1.165, 1.54) is 12.1 Å². The minimum atomic E-state index is -0.284. The molecule has 0 saturated carbocycles. The Balaban J connectivity index is 1.44. The Morgan fingerprint density at radius 1 is 1.20 bits per heavy atom. The van der Waals surface area contributed by atoms with Crippen LogP contribution < -0.4 is 4.74 Å². The molecule has 5 rings (SSSR count). The third kappa shape index (κ3) is 4.86. The number of likely N-dealkylation sites (tertiary alicyclic amines) is 1. The third-order valence-corrected chi connectivity index (χ3v) is 6.78. The number of carbonyl (C=O) groups is 1. The lowest BCUT2D eigenvalue weighted by molar-refractivity contribution is -0.134. The van der Waals surface area contributed by atoms with Crippen molar-refractivity contribution in [1.29, 1.82) is 0 Å². The summed E-state index contributed by atoms with van der Waals surface area (Å²) in [5, 5.41) is 0. The van der Waals surface area contributed by atoms with E-state index in [9.17, 15) is 9.18 Å². The molecule has 0 aliphatic carbocycles. The molecule has 2 aromatic carbocycles. The molecule has 0 bridgehead atoms. The van der Waals surface area contributed by atoms with Gasteiger partial charge in [0.15, 0.2) is 0 Å². The van der Waals surface area contributed by atoms with Crippen molar-refractivity contribution in [3.63, 3.8) is 0 Å². The summed E-state index contributed by atoms with van der Waals surface area (Å²) < 4.78 is 27.2. The molecule has 3 aromatic rings. The number of nitrogens with zero attached hydrogens (tertiary/aromatic N) is 3. The minimum absolute atomic E-state index is 0.00866. The van der Waals surface area contributed by atoms with Crippen molar-refractivity contribution < 1.29 is 18.7 Å². The molecule has 1 aromatic heterocycles. The average Bonchev–Trinajstić information content (AvgIpc) is 3.55. The van der Waals surface area contributed by atoms with Gasteiger partial charge < -0.3 is 18.9 Å². The molecule has 2 aliphatic heterocycles. The van der Waals surface area contributed by atoms with Crippen LogP contribution in [0.2, 0.25) is 0 Å². The molecule has 2 fully saturated rings. The first-order valence-electron chi connectivity index (χ1n) is 12.1. The highest BCUT2D eigenvalue weighted by Crippen LogP contribution is 2.36. The molecule has 1 unspecified atom stereocenters. The molecule has 35 heavy (non-hydrogen) atoms. The first-order valence-corrected chi connectivity index (χ1v) is 12.1. The van der Waals surface area contributed by atoms with E-state index in [0.717, 1.165) is 47.3 Å². The van der Waals surface area contributed by atoms with E-state index in [1.807, 2.05) is 46.9 Å². The Bertz CT molecular complexity index is 1230. The van der Waals surface area contributed by atoms with Crippen molar-refractivity contribution in [1.82, 2.24) is 14.5 Å². The SMILES string of the molecule is COc1cc(/C=C2\CCCN(C(c3ccc(F)cc3)[C@H]3CCCO3)C2=O)ccc1-n1cnc(C)c1. The maximum atomic E-state index is 13.7. The zero-order chi connectivity index (χ0) is 24.4. The van der Waals surface area contributed by atoms with Crippen LogP contribution >= 0.6 is 0 Å². The lowest BCUT2D eigenvalue weighted by atomic mass is 9.93. The number of rotatable bonds is 6. The highest BCUT2D eigenvalue weighted by atomic mass is 19.1. The molecule has 6 nitrogen and oxygen atoms in total. The van der Waals surface area contributed by atoms with Crippen LogP contribution in [0.3, 0.4) is 0 Å². The zero-order valence-corrected chi connectivity index (χ0v) is 20.1. The van der Waals surface area contributed by atoms with Gasteiger partial charge in [0, 0.05) is 24.9 Å². The van der Waals surface area contributed by atoms with Crippen molar-refractivity contribution in [3.8, 4) is 11.4 Å². The monoisotopic (exact) mass is 475 g/mol. The van der Waals surface area contributed by atoms with Crippen LogP contribution in [0.15, 0.2) is 60.6 Å². The van der Waals surface area contributed by atoms with Gasteiger partial charge in [-0.15, -0.1) is 0 Å². The number of imidazole rings is 1. The van der Waals surface area contributed by atoms with E-state index in [4.69, 9.17) is 9.47 Å². The Hall–Kier alpha value is -3.45. The van der Waals surface area contributed by atoms with Crippen LogP contribution in [0.5, 0.6) is 5.75 Å². The predicted octanol–water partition coefficient (Wildman–Crippen LogP) is 5.25. The largest absolute Gasteiger partial charge is 0.495 e. The number of hydrogen-bond donors (Lipinski definition) is 0. The van der Waals surface area contributed by atoms with Crippen molar-refractivity contribution in [2.75, 3.05) is 20.3 Å². The third-order valence-electron chi connectivity index (χ3n) is 6.78. The van der Waals surface area contributed by atoms with Crippen molar-refractivity contribution in [3.05, 3.63) is 83.2 Å². The fraction of sp³-hybridized carbons (Fsp3) is 0.357. The summed E-state index contributed by atoms with van der Waals surface area (Å²) in [5.41, 5.74) is 4.39. The summed E-state index contributed by atoms with van der Waals surface area (Å²) in [6.07, 6.45) is 9.01. The van der Waals surface area contributed by atoms with Gasteiger partial charge in [0.25, 0.3) is 0 Å².